The van der Waals surface area contributed by atoms with Gasteiger partial charge in [-0.25, -0.2) is 4.79 Å². The van der Waals surface area contributed by atoms with Crippen LogP contribution in [0.5, 0.6) is 0 Å². The zero-order valence-corrected chi connectivity index (χ0v) is 15.8. The predicted molar refractivity (Wildman–Crippen MR) is 93.1 cm³/mol. The zero-order valence-electron chi connectivity index (χ0n) is 12.7. The highest BCUT2D eigenvalue weighted by atomic mass is 35.6. The first kappa shape index (κ1) is 20.5. The summed E-state index contributed by atoms with van der Waals surface area (Å²) in [5, 5.41) is 5.82. The number of nitrogens with one attached hydrogen (secondary N) is 2. The van der Waals surface area contributed by atoms with Gasteiger partial charge in [0.2, 0.25) is 9.70 Å². The lowest BCUT2D eigenvalue weighted by atomic mass is 9.83. The molecule has 1 amide bonds. The van der Waals surface area contributed by atoms with Gasteiger partial charge in [0, 0.05) is 12.6 Å². The number of thiocarbonyl (C=S) groups is 1. The number of hydrogen-bond acceptors (Lipinski definition) is 5. The summed E-state index contributed by atoms with van der Waals surface area (Å²) in [7, 11) is 0. The summed E-state index contributed by atoms with van der Waals surface area (Å²) in [5.41, 5.74) is 0. The van der Waals surface area contributed by atoms with Crippen LogP contribution in [0.3, 0.4) is 0 Å². The van der Waals surface area contributed by atoms with Gasteiger partial charge in [-0.05, 0) is 26.7 Å². The van der Waals surface area contributed by atoms with E-state index in [-0.39, 0.29) is 11.9 Å². The summed E-state index contributed by atoms with van der Waals surface area (Å²) in [5.74, 6) is -0.620. The highest BCUT2D eigenvalue weighted by Gasteiger charge is 2.44. The van der Waals surface area contributed by atoms with E-state index in [1.807, 2.05) is 6.92 Å². The number of hydrogen-bond donors (Lipinski definition) is 2. The molecule has 3 atom stereocenters. The number of amides is 1. The maximum Gasteiger partial charge on any atom is 0.508 e. The van der Waals surface area contributed by atoms with Crippen LogP contribution in [0.4, 0.5) is 4.79 Å². The van der Waals surface area contributed by atoms with Crippen molar-refractivity contribution in [3.63, 3.8) is 0 Å². The molecule has 0 aliphatic carbocycles. The third kappa shape index (κ3) is 7.28. The van der Waals surface area contributed by atoms with Crippen molar-refractivity contribution in [3.05, 3.63) is 0 Å². The van der Waals surface area contributed by atoms with Crippen molar-refractivity contribution in [2.45, 2.75) is 42.6 Å². The van der Waals surface area contributed by atoms with Crippen molar-refractivity contribution >= 4 is 64.1 Å². The zero-order chi connectivity index (χ0) is 17.6. The molecule has 1 aliphatic rings. The molecule has 0 bridgehead atoms. The topological polar surface area (TPSA) is 76.7 Å². The molecular formula is C13H19Cl3N2O4S. The monoisotopic (exact) mass is 404 g/mol. The van der Waals surface area contributed by atoms with E-state index in [2.05, 4.69) is 15.4 Å². The Hall–Kier alpha value is -0.500. The molecule has 10 heteroatoms. The molecule has 0 aromatic rings. The van der Waals surface area contributed by atoms with Crippen LogP contribution in [0.2, 0.25) is 0 Å². The molecule has 1 aliphatic heterocycles. The summed E-state index contributed by atoms with van der Waals surface area (Å²) in [6.07, 6.45) is -0.316. The number of ether oxygens (including phenoxy) is 2. The fourth-order valence-corrected chi connectivity index (χ4v) is 2.65. The lowest BCUT2D eigenvalue weighted by Gasteiger charge is -2.39. The van der Waals surface area contributed by atoms with Crippen LogP contribution in [0.1, 0.15) is 26.7 Å². The number of carbonyl (C=O) groups excluding carboxylic acids is 2. The highest BCUT2D eigenvalue weighted by Crippen LogP contribution is 2.27. The molecule has 132 valence electrons. The Morgan fingerprint density at radius 3 is 2.65 bits per heavy atom. The Balaban J connectivity index is 2.41. The van der Waals surface area contributed by atoms with Crippen molar-refractivity contribution in [3.8, 4) is 0 Å². The molecule has 1 saturated heterocycles. The summed E-state index contributed by atoms with van der Waals surface area (Å²) in [6, 6.07) is -0.102. The van der Waals surface area contributed by atoms with Crippen molar-refractivity contribution < 1.29 is 19.1 Å². The molecule has 23 heavy (non-hydrogen) atoms. The van der Waals surface area contributed by atoms with Crippen LogP contribution in [-0.2, 0) is 14.3 Å². The quantitative estimate of drug-likeness (QED) is 0.293. The lowest BCUT2D eigenvalue weighted by molar-refractivity contribution is -0.141. The Bertz CT molecular complexity index is 459. The molecule has 0 radical (unpaired) electrons. The Kier molecular flexibility index (Phi) is 8.13. The smallest absolute Gasteiger partial charge is 0.430 e. The van der Waals surface area contributed by atoms with Gasteiger partial charge in [-0.1, -0.05) is 47.0 Å². The summed E-state index contributed by atoms with van der Waals surface area (Å²) < 4.78 is 8.03. The summed E-state index contributed by atoms with van der Waals surface area (Å²) >= 11 is 21.6. The minimum Gasteiger partial charge on any atom is -0.430 e. The molecule has 0 spiro atoms. The van der Waals surface area contributed by atoms with Crippen LogP contribution in [0, 0.1) is 5.92 Å². The van der Waals surface area contributed by atoms with Crippen molar-refractivity contribution in [2.24, 2.45) is 5.92 Å². The van der Waals surface area contributed by atoms with Gasteiger partial charge >= 0.3 is 6.16 Å². The second-order valence-corrected chi connectivity index (χ2v) is 8.12. The van der Waals surface area contributed by atoms with Crippen molar-refractivity contribution in [1.29, 1.82) is 0 Å². The van der Waals surface area contributed by atoms with E-state index in [0.29, 0.717) is 12.8 Å². The minimum absolute atomic E-state index is 0.102. The Morgan fingerprint density at radius 1 is 1.48 bits per heavy atom. The predicted octanol–water partition coefficient (Wildman–Crippen LogP) is 2.73. The molecule has 1 rings (SSSR count). The Morgan fingerprint density at radius 2 is 2.13 bits per heavy atom. The van der Waals surface area contributed by atoms with E-state index in [1.165, 1.54) is 0 Å². The Labute approximate surface area is 155 Å². The third-order valence-electron chi connectivity index (χ3n) is 3.26. The van der Waals surface area contributed by atoms with Crippen molar-refractivity contribution in [1.82, 2.24) is 10.6 Å². The van der Waals surface area contributed by atoms with E-state index in [4.69, 9.17) is 51.8 Å². The normalized spacial score (nSPS) is 21.7. The second-order valence-electron chi connectivity index (χ2n) is 5.11. The van der Waals surface area contributed by atoms with E-state index in [0.717, 1.165) is 11.5 Å². The van der Waals surface area contributed by atoms with Gasteiger partial charge in [0.15, 0.2) is 0 Å². The van der Waals surface area contributed by atoms with Gasteiger partial charge in [-0.2, -0.15) is 0 Å². The molecule has 1 unspecified atom stereocenters. The van der Waals surface area contributed by atoms with Gasteiger partial charge in [0.05, 0.1) is 10.9 Å². The number of β-lactam (4-membered cyclic amide) rings is 1. The molecule has 6 nitrogen and oxygen atoms in total. The van der Waals surface area contributed by atoms with E-state index >= 15 is 0 Å². The largest absolute Gasteiger partial charge is 0.508 e. The SMILES string of the molecule is CCNC(=S)CC[C@H]1NC(=O)[C@@H]1C(C)OC(=O)OCC(Cl)(Cl)Cl. The molecule has 0 saturated carbocycles. The van der Waals surface area contributed by atoms with Crippen LogP contribution in [0.25, 0.3) is 0 Å². The first-order valence-corrected chi connectivity index (χ1v) is 8.65. The second kappa shape index (κ2) is 9.11. The molecule has 0 aromatic carbocycles. The maximum absolute atomic E-state index is 11.7. The fraction of sp³-hybridized carbons (Fsp3) is 0.769. The number of carbonyl (C=O) groups is 2. The highest BCUT2D eigenvalue weighted by molar-refractivity contribution is 7.80. The average Bonchev–Trinajstić information content (AvgIpc) is 2.40. The molecule has 0 aromatic heterocycles. The van der Waals surface area contributed by atoms with E-state index in [1.54, 1.807) is 6.92 Å². The van der Waals surface area contributed by atoms with Gasteiger partial charge in [0.1, 0.15) is 12.7 Å². The van der Waals surface area contributed by atoms with Gasteiger partial charge in [0.25, 0.3) is 0 Å². The number of alkyl halides is 3. The minimum atomic E-state index is -1.71. The third-order valence-corrected chi connectivity index (χ3v) is 3.94. The van der Waals surface area contributed by atoms with Crippen LogP contribution < -0.4 is 10.6 Å². The van der Waals surface area contributed by atoms with Crippen molar-refractivity contribution in [2.75, 3.05) is 13.2 Å². The molecule has 1 heterocycles. The number of halogens is 3. The standard InChI is InChI=1S/C13H19Cl3N2O4S/c1-3-17-9(23)5-4-8-10(11(19)18-8)7(2)22-12(20)21-6-13(14,15)16/h7-8,10H,3-6H2,1-2H3,(H,17,23)(H,18,19)/t7?,8-,10-/m1/s1. The molecule has 1 fully saturated rings. The first-order chi connectivity index (χ1) is 10.6. The molecule has 2 N–H and O–H groups in total. The maximum atomic E-state index is 11.7. The first-order valence-electron chi connectivity index (χ1n) is 7.11. The van der Waals surface area contributed by atoms with Crippen LogP contribution in [0.15, 0.2) is 0 Å². The molecular weight excluding hydrogens is 387 g/mol. The van der Waals surface area contributed by atoms with Crippen LogP contribution >= 0.6 is 47.0 Å². The lowest BCUT2D eigenvalue weighted by Crippen LogP contribution is -2.62. The van der Waals surface area contributed by atoms with E-state index in [9.17, 15) is 9.59 Å². The van der Waals surface area contributed by atoms with Gasteiger partial charge < -0.3 is 20.1 Å². The average molecular weight is 406 g/mol. The summed E-state index contributed by atoms with van der Waals surface area (Å²) in [6.45, 7) is 3.91. The summed E-state index contributed by atoms with van der Waals surface area (Å²) in [4.78, 5) is 24.0. The van der Waals surface area contributed by atoms with Gasteiger partial charge in [-0.15, -0.1) is 0 Å². The number of rotatable bonds is 7. The fourth-order valence-electron chi connectivity index (χ4n) is 2.22. The van der Waals surface area contributed by atoms with Crippen LogP contribution in [-0.4, -0.2) is 46.1 Å². The van der Waals surface area contributed by atoms with Gasteiger partial charge in [-0.3, -0.25) is 4.79 Å². The van der Waals surface area contributed by atoms with E-state index < -0.39 is 28.6 Å².